The molecule has 0 bridgehead atoms. The van der Waals surface area contributed by atoms with Gasteiger partial charge in [-0.2, -0.15) is 5.26 Å². The Morgan fingerprint density at radius 3 is 2.89 bits per heavy atom. The van der Waals surface area contributed by atoms with Crippen LogP contribution in [-0.4, -0.2) is 23.6 Å². The molecule has 1 aromatic carbocycles. The lowest BCUT2D eigenvalue weighted by Gasteiger charge is -2.37. The number of nitrogens with zero attached hydrogens (tertiary/aromatic N) is 3. The summed E-state index contributed by atoms with van der Waals surface area (Å²) >= 11 is 0. The van der Waals surface area contributed by atoms with Crippen LogP contribution in [0.3, 0.4) is 0 Å². The molecular formula is C13H16N4O2. The first kappa shape index (κ1) is 13.3. The van der Waals surface area contributed by atoms with Gasteiger partial charge in [-0.15, -0.1) is 0 Å². The molecule has 6 heteroatoms. The summed E-state index contributed by atoms with van der Waals surface area (Å²) in [4.78, 5) is 12.7. The lowest BCUT2D eigenvalue weighted by atomic mass is 9.97. The molecule has 1 heterocycles. The lowest BCUT2D eigenvalue weighted by Crippen LogP contribution is -2.45. The number of rotatable bonds is 2. The van der Waals surface area contributed by atoms with Crippen molar-refractivity contribution in [2.24, 2.45) is 5.73 Å². The maximum atomic E-state index is 11.1. The molecule has 2 N–H and O–H groups in total. The van der Waals surface area contributed by atoms with Crippen LogP contribution < -0.4 is 10.6 Å². The number of nitrogens with two attached hydrogens (primary N) is 1. The van der Waals surface area contributed by atoms with E-state index in [1.54, 1.807) is 6.07 Å². The fourth-order valence-electron chi connectivity index (χ4n) is 2.54. The Hall–Kier alpha value is -2.13. The van der Waals surface area contributed by atoms with Crippen molar-refractivity contribution in [1.29, 1.82) is 5.26 Å². The summed E-state index contributed by atoms with van der Waals surface area (Å²) < 4.78 is 0. The summed E-state index contributed by atoms with van der Waals surface area (Å²) in [5.74, 6) is 0. The van der Waals surface area contributed by atoms with E-state index in [0.29, 0.717) is 17.8 Å². The topological polar surface area (TPSA) is 96.2 Å². The second-order valence-electron chi connectivity index (χ2n) is 4.90. The predicted octanol–water partition coefficient (Wildman–Crippen LogP) is 1.78. The van der Waals surface area contributed by atoms with Gasteiger partial charge in [0.15, 0.2) is 0 Å². The number of nitro groups is 1. The van der Waals surface area contributed by atoms with Gasteiger partial charge < -0.3 is 10.6 Å². The fourth-order valence-corrected chi connectivity index (χ4v) is 2.54. The van der Waals surface area contributed by atoms with Gasteiger partial charge in [-0.1, -0.05) is 0 Å². The lowest BCUT2D eigenvalue weighted by molar-refractivity contribution is -0.384. The second-order valence-corrected chi connectivity index (χ2v) is 4.90. The molecule has 0 radical (unpaired) electrons. The summed E-state index contributed by atoms with van der Waals surface area (Å²) in [5, 5.41) is 20.0. The zero-order valence-corrected chi connectivity index (χ0v) is 10.7. The Kier molecular flexibility index (Phi) is 3.67. The Bertz CT molecular complexity index is 538. The maximum absolute atomic E-state index is 11.1. The number of hydrogen-bond donors (Lipinski definition) is 1. The number of anilines is 1. The molecule has 0 aromatic heterocycles. The van der Waals surface area contributed by atoms with Gasteiger partial charge in [0.1, 0.15) is 5.69 Å². The first-order valence-corrected chi connectivity index (χ1v) is 6.23. The molecule has 2 atom stereocenters. The molecule has 0 amide bonds. The standard InChI is InChI=1S/C13H16N4O2/c1-9-6-11(15)4-5-16(9)13-7-10(8-14)2-3-12(13)17(18)19/h2-3,7,9,11H,4-6,15H2,1H3. The molecule has 1 aliphatic heterocycles. The van der Waals surface area contributed by atoms with Crippen molar-refractivity contribution in [2.75, 3.05) is 11.4 Å². The van der Waals surface area contributed by atoms with Crippen molar-refractivity contribution in [2.45, 2.75) is 31.8 Å². The predicted molar refractivity (Wildman–Crippen MR) is 71.8 cm³/mol. The van der Waals surface area contributed by atoms with Gasteiger partial charge in [0.2, 0.25) is 0 Å². The summed E-state index contributed by atoms with van der Waals surface area (Å²) in [6, 6.07) is 6.76. The summed E-state index contributed by atoms with van der Waals surface area (Å²) in [6.45, 7) is 2.68. The van der Waals surface area contributed by atoms with Crippen LogP contribution in [0.2, 0.25) is 0 Å². The van der Waals surface area contributed by atoms with Crippen LogP contribution in [0.4, 0.5) is 11.4 Å². The summed E-state index contributed by atoms with van der Waals surface area (Å²) in [6.07, 6.45) is 1.60. The Labute approximate surface area is 111 Å². The van der Waals surface area contributed by atoms with Crippen molar-refractivity contribution in [3.05, 3.63) is 33.9 Å². The van der Waals surface area contributed by atoms with E-state index in [-0.39, 0.29) is 17.8 Å². The van der Waals surface area contributed by atoms with E-state index in [1.807, 2.05) is 17.9 Å². The van der Waals surface area contributed by atoms with Crippen molar-refractivity contribution in [3.8, 4) is 6.07 Å². The van der Waals surface area contributed by atoms with Crippen LogP contribution >= 0.6 is 0 Å². The maximum Gasteiger partial charge on any atom is 0.292 e. The molecular weight excluding hydrogens is 244 g/mol. The SMILES string of the molecule is CC1CC(N)CCN1c1cc(C#N)ccc1[N+](=O)[O-]. The number of hydrogen-bond acceptors (Lipinski definition) is 5. The van der Waals surface area contributed by atoms with Crippen molar-refractivity contribution in [1.82, 2.24) is 0 Å². The van der Waals surface area contributed by atoms with Crippen LogP contribution in [-0.2, 0) is 0 Å². The Morgan fingerprint density at radius 2 is 2.32 bits per heavy atom. The van der Waals surface area contributed by atoms with Crippen molar-refractivity contribution in [3.63, 3.8) is 0 Å². The molecule has 1 aromatic rings. The average Bonchev–Trinajstić information content (AvgIpc) is 2.38. The monoisotopic (exact) mass is 260 g/mol. The zero-order chi connectivity index (χ0) is 14.0. The fraction of sp³-hybridized carbons (Fsp3) is 0.462. The van der Waals surface area contributed by atoms with Crippen molar-refractivity contribution < 1.29 is 4.92 Å². The van der Waals surface area contributed by atoms with Gasteiger partial charge in [0.25, 0.3) is 5.69 Å². The smallest absolute Gasteiger partial charge is 0.292 e. The minimum atomic E-state index is -0.405. The highest BCUT2D eigenvalue weighted by atomic mass is 16.6. The summed E-state index contributed by atoms with van der Waals surface area (Å²) in [5.41, 5.74) is 6.90. The summed E-state index contributed by atoms with van der Waals surface area (Å²) in [7, 11) is 0. The van der Waals surface area contributed by atoms with Crippen LogP contribution in [0.5, 0.6) is 0 Å². The van der Waals surface area contributed by atoms with Crippen LogP contribution in [0, 0.1) is 21.4 Å². The third-order valence-electron chi connectivity index (χ3n) is 3.53. The molecule has 1 aliphatic rings. The quantitative estimate of drug-likeness (QED) is 0.645. The molecule has 0 spiro atoms. The van der Waals surface area contributed by atoms with E-state index in [9.17, 15) is 10.1 Å². The van der Waals surface area contributed by atoms with E-state index in [1.165, 1.54) is 12.1 Å². The van der Waals surface area contributed by atoms with Gasteiger partial charge in [-0.25, -0.2) is 0 Å². The Balaban J connectivity index is 2.42. The molecule has 6 nitrogen and oxygen atoms in total. The Morgan fingerprint density at radius 1 is 1.58 bits per heavy atom. The van der Waals surface area contributed by atoms with Crippen LogP contribution in [0.1, 0.15) is 25.3 Å². The molecule has 2 rings (SSSR count). The highest BCUT2D eigenvalue weighted by Gasteiger charge is 2.28. The zero-order valence-electron chi connectivity index (χ0n) is 10.7. The highest BCUT2D eigenvalue weighted by Crippen LogP contribution is 2.33. The molecule has 0 aliphatic carbocycles. The van der Waals surface area contributed by atoms with Gasteiger partial charge in [-0.05, 0) is 31.9 Å². The molecule has 1 fully saturated rings. The van der Waals surface area contributed by atoms with E-state index in [4.69, 9.17) is 11.0 Å². The van der Waals surface area contributed by atoms with Crippen LogP contribution in [0.25, 0.3) is 0 Å². The molecule has 0 saturated carbocycles. The largest absolute Gasteiger partial charge is 0.363 e. The number of nitro benzene ring substituents is 1. The first-order valence-electron chi connectivity index (χ1n) is 6.23. The van der Waals surface area contributed by atoms with Crippen molar-refractivity contribution >= 4 is 11.4 Å². The minimum absolute atomic E-state index is 0.0429. The number of nitriles is 1. The minimum Gasteiger partial charge on any atom is -0.363 e. The number of piperidine rings is 1. The van der Waals surface area contributed by atoms with E-state index in [2.05, 4.69) is 0 Å². The van der Waals surface area contributed by atoms with Crippen LogP contribution in [0.15, 0.2) is 18.2 Å². The second kappa shape index (κ2) is 5.24. The third-order valence-corrected chi connectivity index (χ3v) is 3.53. The average molecular weight is 260 g/mol. The number of benzene rings is 1. The molecule has 19 heavy (non-hydrogen) atoms. The molecule has 1 saturated heterocycles. The van der Waals surface area contributed by atoms with Gasteiger partial charge in [0, 0.05) is 24.7 Å². The van der Waals surface area contributed by atoms with E-state index < -0.39 is 4.92 Å². The van der Waals surface area contributed by atoms with E-state index in [0.717, 1.165) is 12.8 Å². The van der Waals surface area contributed by atoms with Gasteiger partial charge >= 0.3 is 0 Å². The molecule has 2 unspecified atom stereocenters. The van der Waals surface area contributed by atoms with Gasteiger partial charge in [-0.3, -0.25) is 10.1 Å². The van der Waals surface area contributed by atoms with Gasteiger partial charge in [0.05, 0.1) is 16.6 Å². The highest BCUT2D eigenvalue weighted by molar-refractivity contribution is 5.66. The first-order chi connectivity index (χ1) is 9.02. The molecule has 100 valence electrons. The third kappa shape index (κ3) is 2.66. The van der Waals surface area contributed by atoms with E-state index >= 15 is 0 Å². The normalized spacial score (nSPS) is 22.9.